The molecule has 18 heteroatoms. The van der Waals surface area contributed by atoms with E-state index in [4.69, 9.17) is 10.8 Å². The summed E-state index contributed by atoms with van der Waals surface area (Å²) in [5, 5.41) is 40.0. The summed E-state index contributed by atoms with van der Waals surface area (Å²) in [6, 6.07) is 8.37. The Morgan fingerprint density at radius 2 is 0.964 bits per heavy atom. The molecule has 2 aromatic carbocycles. The molecule has 0 aliphatic rings. The van der Waals surface area contributed by atoms with Crippen molar-refractivity contribution in [3.05, 3.63) is 114 Å². The Hall–Kier alpha value is -5.36. The summed E-state index contributed by atoms with van der Waals surface area (Å²) in [5.74, 6) is 1.10. The van der Waals surface area contributed by atoms with Crippen LogP contribution in [0, 0.1) is 10.8 Å². The Balaban J connectivity index is 0.000000370. The zero-order valence-electron chi connectivity index (χ0n) is 31.9. The van der Waals surface area contributed by atoms with Gasteiger partial charge in [0, 0.05) is 24.9 Å². The van der Waals surface area contributed by atoms with Crippen LogP contribution in [0.15, 0.2) is 58.1 Å². The molecule has 2 aromatic heterocycles. The highest BCUT2D eigenvalue weighted by Gasteiger charge is 2.31. The normalized spacial score (nSPS) is 12.3. The van der Waals surface area contributed by atoms with E-state index in [1.807, 2.05) is 27.7 Å². The van der Waals surface area contributed by atoms with Crippen molar-refractivity contribution in [3.8, 4) is 0 Å². The smallest absolute Gasteiger partial charge is 0.390 e. The van der Waals surface area contributed by atoms with Crippen molar-refractivity contribution >= 4 is 23.1 Å². The number of alkyl halides is 6. The van der Waals surface area contributed by atoms with E-state index in [9.17, 15) is 46.1 Å². The van der Waals surface area contributed by atoms with Crippen molar-refractivity contribution in [1.29, 1.82) is 10.8 Å². The zero-order chi connectivity index (χ0) is 42.4. The molecule has 4 aromatic rings. The number of rotatable bonds is 14. The minimum Gasteiger partial charge on any atom is -0.390 e. The molecule has 56 heavy (non-hydrogen) atoms. The molecule has 2 heterocycles. The number of benzene rings is 2. The van der Waals surface area contributed by atoms with Crippen LogP contribution in [0.3, 0.4) is 0 Å². The summed E-state index contributed by atoms with van der Waals surface area (Å²) in [4.78, 5) is 38.4. The molecule has 306 valence electrons. The largest absolute Gasteiger partial charge is 0.416 e. The lowest BCUT2D eigenvalue weighted by Gasteiger charge is -2.18. The van der Waals surface area contributed by atoms with Gasteiger partial charge in [-0.05, 0) is 62.1 Å². The first-order chi connectivity index (χ1) is 26.3. The van der Waals surface area contributed by atoms with Crippen LogP contribution in [-0.4, -0.2) is 54.8 Å². The van der Waals surface area contributed by atoms with Gasteiger partial charge in [0.15, 0.2) is 0 Å². The number of H-pyrrole nitrogens is 2. The molecule has 0 saturated heterocycles. The van der Waals surface area contributed by atoms with Crippen molar-refractivity contribution in [2.24, 2.45) is 0 Å². The second-order valence-electron chi connectivity index (χ2n) is 12.2. The van der Waals surface area contributed by atoms with E-state index in [2.05, 4.69) is 30.6 Å². The fourth-order valence-corrected chi connectivity index (χ4v) is 5.18. The Labute approximate surface area is 319 Å². The van der Waals surface area contributed by atoms with Crippen molar-refractivity contribution in [2.45, 2.75) is 91.7 Å². The Morgan fingerprint density at radius 1 is 0.661 bits per heavy atom. The molecule has 12 nitrogen and oxygen atoms in total. The summed E-state index contributed by atoms with van der Waals surface area (Å²) >= 11 is 0. The fraction of sp³-hybridized carbons (Fsp3) is 0.421. The van der Waals surface area contributed by atoms with Crippen molar-refractivity contribution < 1.29 is 36.6 Å². The number of nitrogens with zero attached hydrogens (tertiary/aromatic N) is 2. The van der Waals surface area contributed by atoms with Gasteiger partial charge in [-0.2, -0.15) is 26.3 Å². The van der Waals surface area contributed by atoms with Gasteiger partial charge in [-0.3, -0.25) is 9.59 Å². The second-order valence-corrected chi connectivity index (χ2v) is 12.2. The van der Waals surface area contributed by atoms with E-state index in [-0.39, 0.29) is 34.2 Å². The molecule has 0 aliphatic heterocycles. The third kappa shape index (κ3) is 12.9. The fourth-order valence-electron chi connectivity index (χ4n) is 5.18. The standard InChI is InChI=1S/2C18H21F3N4O2.C2H6/c2*1-3-4-14-24-16(15(13(22)9-26)17(27)25-14)23-10(2)11-5-7-12(8-6-11)18(19,20)21;1-2/h2*5-8,10,22,26H,3-4,9H2,1-2H3,(H2,23,24,25,27);1-2H3. The maximum absolute atomic E-state index is 12.7. The number of aliphatic hydroxyl groups is 2. The van der Waals surface area contributed by atoms with Crippen LogP contribution in [0.1, 0.15) is 111 Å². The molecule has 2 atom stereocenters. The van der Waals surface area contributed by atoms with Crippen LogP contribution in [0.25, 0.3) is 0 Å². The van der Waals surface area contributed by atoms with Crippen molar-refractivity contribution in [2.75, 3.05) is 23.8 Å². The predicted molar refractivity (Wildman–Crippen MR) is 204 cm³/mol. The molecule has 4 rings (SSSR count). The van der Waals surface area contributed by atoms with Crippen LogP contribution in [0.4, 0.5) is 38.0 Å². The highest BCUT2D eigenvalue weighted by atomic mass is 19.4. The number of hydrogen-bond acceptors (Lipinski definition) is 10. The first-order valence-electron chi connectivity index (χ1n) is 17.8. The SMILES string of the molecule is CC.CCCc1nc(NC(C)c2ccc(C(F)(F)F)cc2)c(C(=N)CO)c(=O)[nH]1.CCCc1nc(NC(C)c2ccc(C(F)(F)F)cc2)c(C(=N)CO)c(=O)[nH]1. The summed E-state index contributed by atoms with van der Waals surface area (Å²) < 4.78 is 76.2. The van der Waals surface area contributed by atoms with Crippen LogP contribution in [0.5, 0.6) is 0 Å². The van der Waals surface area contributed by atoms with Gasteiger partial charge in [0.25, 0.3) is 11.1 Å². The first kappa shape index (κ1) is 46.8. The lowest BCUT2D eigenvalue weighted by molar-refractivity contribution is -0.138. The maximum Gasteiger partial charge on any atom is 0.416 e. The molecule has 2 unspecified atom stereocenters. The number of halogens is 6. The van der Waals surface area contributed by atoms with E-state index in [0.29, 0.717) is 35.6 Å². The minimum atomic E-state index is -4.41. The van der Waals surface area contributed by atoms with E-state index in [1.54, 1.807) is 13.8 Å². The molecule has 0 amide bonds. The van der Waals surface area contributed by atoms with Gasteiger partial charge in [0.2, 0.25) is 0 Å². The van der Waals surface area contributed by atoms with E-state index in [0.717, 1.165) is 37.1 Å². The molecular weight excluding hydrogens is 746 g/mol. The predicted octanol–water partition coefficient (Wildman–Crippen LogP) is 7.58. The Bertz CT molecular complexity index is 1870. The molecule has 0 spiro atoms. The second kappa shape index (κ2) is 21.1. The van der Waals surface area contributed by atoms with Crippen LogP contribution in [0.2, 0.25) is 0 Å². The Kier molecular flexibility index (Phi) is 17.6. The number of hydrogen-bond donors (Lipinski definition) is 8. The number of aryl methyl sites for hydroxylation is 2. The monoisotopic (exact) mass is 794 g/mol. The van der Waals surface area contributed by atoms with E-state index >= 15 is 0 Å². The molecule has 0 saturated carbocycles. The molecule has 8 N–H and O–H groups in total. The average molecular weight is 795 g/mol. The van der Waals surface area contributed by atoms with Gasteiger partial charge in [0.05, 0.1) is 35.8 Å². The Morgan fingerprint density at radius 3 is 1.21 bits per heavy atom. The summed E-state index contributed by atoms with van der Waals surface area (Å²) in [5.41, 5.74) is -2.24. The van der Waals surface area contributed by atoms with Gasteiger partial charge >= 0.3 is 12.4 Å². The summed E-state index contributed by atoms with van der Waals surface area (Å²) in [7, 11) is 0. The lowest BCUT2D eigenvalue weighted by atomic mass is 10.1. The van der Waals surface area contributed by atoms with Crippen LogP contribution in [-0.2, 0) is 25.2 Å². The van der Waals surface area contributed by atoms with E-state index < -0.39 is 59.9 Å². The van der Waals surface area contributed by atoms with Gasteiger partial charge in [-0.15, -0.1) is 0 Å². The third-order valence-corrected chi connectivity index (χ3v) is 8.01. The van der Waals surface area contributed by atoms with Crippen molar-refractivity contribution in [3.63, 3.8) is 0 Å². The highest BCUT2D eigenvalue weighted by molar-refractivity contribution is 6.03. The summed E-state index contributed by atoms with van der Waals surface area (Å²) in [6.45, 7) is 9.97. The van der Waals surface area contributed by atoms with Gasteiger partial charge in [-0.1, -0.05) is 52.0 Å². The molecule has 0 fully saturated rings. The number of nitrogens with one attached hydrogen (secondary N) is 6. The van der Waals surface area contributed by atoms with Gasteiger partial charge in [0.1, 0.15) is 34.4 Å². The molecule has 0 radical (unpaired) electrons. The number of aromatic nitrogens is 4. The maximum atomic E-state index is 12.7. The van der Waals surface area contributed by atoms with Gasteiger partial charge < -0.3 is 41.6 Å². The number of aromatic amines is 2. The zero-order valence-corrected chi connectivity index (χ0v) is 31.9. The van der Waals surface area contributed by atoms with E-state index in [1.165, 1.54) is 24.3 Å². The topological polar surface area (TPSA) is 204 Å². The summed E-state index contributed by atoms with van der Waals surface area (Å²) in [6.07, 6.45) is -6.30. The number of anilines is 2. The van der Waals surface area contributed by atoms with Crippen LogP contribution < -0.4 is 21.8 Å². The molecular formula is C38H48F6N8O4. The average Bonchev–Trinajstić information content (AvgIpc) is 3.15. The molecule has 0 aliphatic carbocycles. The highest BCUT2D eigenvalue weighted by Crippen LogP contribution is 2.32. The third-order valence-electron chi connectivity index (χ3n) is 8.01. The van der Waals surface area contributed by atoms with Gasteiger partial charge in [-0.25, -0.2) is 9.97 Å². The molecule has 0 bridgehead atoms. The number of aliphatic hydroxyl groups excluding tert-OH is 2. The minimum absolute atomic E-state index is 0.0869. The lowest BCUT2D eigenvalue weighted by Crippen LogP contribution is -2.26. The first-order valence-corrected chi connectivity index (χ1v) is 17.8. The quantitative estimate of drug-likeness (QED) is 0.0471. The van der Waals surface area contributed by atoms with Crippen LogP contribution >= 0.6 is 0 Å². The van der Waals surface area contributed by atoms with Crippen molar-refractivity contribution in [1.82, 2.24) is 19.9 Å².